The zero-order valence-corrected chi connectivity index (χ0v) is 29.0. The number of ether oxygens (including phenoxy) is 5. The van der Waals surface area contributed by atoms with Crippen molar-refractivity contribution in [1.82, 2.24) is 16.1 Å². The molecule has 0 aromatic heterocycles. The molecular weight excluding hydrogens is 696 g/mol. The fourth-order valence-corrected chi connectivity index (χ4v) is 5.83. The predicted octanol–water partition coefficient (Wildman–Crippen LogP) is 5.71. The second-order valence-corrected chi connectivity index (χ2v) is 11.8. The first kappa shape index (κ1) is 35.0. The summed E-state index contributed by atoms with van der Waals surface area (Å²) in [6, 6.07) is 21.8. The van der Waals surface area contributed by atoms with Crippen LogP contribution in [0.2, 0.25) is 0 Å². The average molecular weight is 734 g/mol. The lowest BCUT2D eigenvalue weighted by molar-refractivity contribution is -0.136. The molecule has 13 heteroatoms. The van der Waals surface area contributed by atoms with Crippen molar-refractivity contribution in [2.75, 3.05) is 27.4 Å². The van der Waals surface area contributed by atoms with Gasteiger partial charge in [0.2, 0.25) is 0 Å². The number of hydrogen-bond donors (Lipinski definition) is 4. The summed E-state index contributed by atoms with van der Waals surface area (Å²) in [7, 11) is 2.84. The topological polar surface area (TPSA) is 149 Å². The first-order valence-corrected chi connectivity index (χ1v) is 16.2. The normalized spacial score (nSPS) is 15.0. The average Bonchev–Trinajstić information content (AvgIpc) is 3.09. The summed E-state index contributed by atoms with van der Waals surface area (Å²) in [5.74, 6) is 1.21. The fraction of sp³-hybridized carbons (Fsp3) is 0.250. The van der Waals surface area contributed by atoms with E-state index in [0.717, 1.165) is 16.3 Å². The van der Waals surface area contributed by atoms with Crippen LogP contribution in [-0.4, -0.2) is 57.0 Å². The lowest BCUT2D eigenvalue weighted by Crippen LogP contribution is -2.45. The highest BCUT2D eigenvalue weighted by molar-refractivity contribution is 9.10. The Morgan fingerprint density at radius 3 is 2.55 bits per heavy atom. The van der Waals surface area contributed by atoms with Gasteiger partial charge in [0, 0.05) is 5.70 Å². The number of hydrazone groups is 1. The van der Waals surface area contributed by atoms with Crippen LogP contribution in [0.5, 0.6) is 23.0 Å². The SMILES string of the molecule is CCOc1cc([C@@H]2NC(=O)NC(C)=C2C(=O)OC)ccc1OC[C@H](O)N/N=C\c1cc(Br)c(OCc2ccc3ccccc3c2)c(OC)c1. The Hall–Kier alpha value is -5.27. The van der Waals surface area contributed by atoms with E-state index in [4.69, 9.17) is 23.7 Å². The quantitative estimate of drug-likeness (QED) is 0.0554. The van der Waals surface area contributed by atoms with E-state index in [1.165, 1.54) is 13.3 Å². The van der Waals surface area contributed by atoms with Crippen LogP contribution in [-0.2, 0) is 16.1 Å². The second kappa shape index (κ2) is 16.2. The van der Waals surface area contributed by atoms with Crippen molar-refractivity contribution in [3.05, 3.63) is 105 Å². The minimum absolute atomic E-state index is 0.165. The number of aliphatic hydroxyl groups excluding tert-OH is 1. The number of carbonyl (C=O) groups is 2. The molecule has 0 aliphatic carbocycles. The summed E-state index contributed by atoms with van der Waals surface area (Å²) in [6.45, 7) is 3.96. The number of rotatable bonds is 14. The summed E-state index contributed by atoms with van der Waals surface area (Å²) in [5.41, 5.74) is 5.60. The smallest absolute Gasteiger partial charge is 0.337 e. The molecule has 1 aliphatic heterocycles. The number of fused-ring (bicyclic) bond motifs is 1. The number of aliphatic hydroxyl groups is 1. The Labute approximate surface area is 292 Å². The first-order valence-electron chi connectivity index (χ1n) is 15.4. The number of methoxy groups -OCH3 is 2. The molecule has 4 N–H and O–H groups in total. The number of urea groups is 1. The van der Waals surface area contributed by atoms with Crippen molar-refractivity contribution in [2.45, 2.75) is 32.7 Å². The Morgan fingerprint density at radius 1 is 1.00 bits per heavy atom. The molecule has 0 bridgehead atoms. The van der Waals surface area contributed by atoms with Crippen LogP contribution in [0.15, 0.2) is 93.6 Å². The van der Waals surface area contributed by atoms with E-state index in [9.17, 15) is 14.7 Å². The first-order chi connectivity index (χ1) is 23.7. The molecule has 5 rings (SSSR count). The summed E-state index contributed by atoms with van der Waals surface area (Å²) in [4.78, 5) is 24.7. The third-order valence-electron chi connectivity index (χ3n) is 7.56. The summed E-state index contributed by atoms with van der Waals surface area (Å²) in [5, 5.41) is 22.3. The Bertz CT molecular complexity index is 1900. The number of halogens is 1. The number of nitrogens with zero attached hydrogens (tertiary/aromatic N) is 1. The van der Waals surface area contributed by atoms with Crippen molar-refractivity contribution >= 4 is 44.9 Å². The maximum absolute atomic E-state index is 12.5. The summed E-state index contributed by atoms with van der Waals surface area (Å²) >= 11 is 3.58. The number of nitrogens with one attached hydrogen (secondary N) is 3. The highest BCUT2D eigenvalue weighted by Gasteiger charge is 2.32. The van der Waals surface area contributed by atoms with Gasteiger partial charge in [-0.05, 0) is 87.6 Å². The second-order valence-electron chi connectivity index (χ2n) is 10.9. The van der Waals surface area contributed by atoms with E-state index < -0.39 is 24.3 Å². The van der Waals surface area contributed by atoms with E-state index >= 15 is 0 Å². The highest BCUT2D eigenvalue weighted by atomic mass is 79.9. The molecule has 1 aliphatic rings. The van der Waals surface area contributed by atoms with E-state index in [0.29, 0.717) is 57.5 Å². The molecule has 4 aromatic rings. The molecule has 0 saturated heterocycles. The van der Waals surface area contributed by atoms with Crippen LogP contribution in [0.3, 0.4) is 0 Å². The van der Waals surface area contributed by atoms with Gasteiger partial charge in [-0.1, -0.05) is 42.5 Å². The van der Waals surface area contributed by atoms with Crippen LogP contribution in [0.25, 0.3) is 10.8 Å². The Kier molecular flexibility index (Phi) is 11.6. The van der Waals surface area contributed by atoms with Crippen LogP contribution >= 0.6 is 15.9 Å². The summed E-state index contributed by atoms with van der Waals surface area (Å²) < 4.78 is 28.9. The summed E-state index contributed by atoms with van der Waals surface area (Å²) in [6.07, 6.45) is 0.367. The van der Waals surface area contributed by atoms with Crippen LogP contribution in [0.1, 0.15) is 36.6 Å². The molecule has 2 amide bonds. The molecule has 256 valence electrons. The Balaban J connectivity index is 1.20. The third-order valence-corrected chi connectivity index (χ3v) is 8.15. The predicted molar refractivity (Wildman–Crippen MR) is 188 cm³/mol. The molecule has 0 spiro atoms. The van der Waals surface area contributed by atoms with Gasteiger partial charge in [-0.15, -0.1) is 0 Å². The van der Waals surface area contributed by atoms with Gasteiger partial charge in [-0.2, -0.15) is 5.10 Å². The van der Waals surface area contributed by atoms with Gasteiger partial charge in [0.25, 0.3) is 0 Å². The van der Waals surface area contributed by atoms with Gasteiger partial charge in [0.05, 0.1) is 43.1 Å². The fourth-order valence-electron chi connectivity index (χ4n) is 5.26. The zero-order chi connectivity index (χ0) is 34.9. The van der Waals surface area contributed by atoms with Crippen molar-refractivity contribution < 1.29 is 38.4 Å². The van der Waals surface area contributed by atoms with Crippen molar-refractivity contribution in [3.8, 4) is 23.0 Å². The van der Waals surface area contributed by atoms with Gasteiger partial charge in [0.1, 0.15) is 13.2 Å². The number of hydrogen-bond acceptors (Lipinski definition) is 10. The van der Waals surface area contributed by atoms with Gasteiger partial charge < -0.3 is 39.4 Å². The maximum Gasteiger partial charge on any atom is 0.337 e. The lowest BCUT2D eigenvalue weighted by atomic mass is 9.95. The number of carbonyl (C=O) groups excluding carboxylic acids is 2. The number of benzene rings is 4. The molecule has 1 heterocycles. The highest BCUT2D eigenvalue weighted by Crippen LogP contribution is 2.37. The molecule has 0 fully saturated rings. The Morgan fingerprint density at radius 2 is 1.80 bits per heavy atom. The molecule has 4 aromatic carbocycles. The standard InChI is InChI=1S/C36H37BrN4O8/c1-5-47-29-17-26(33-32(35(43)46-4)21(2)39-36(44)40-33)12-13-28(29)48-20-31(42)41-38-18-23-15-27(37)34(30(16-23)45-3)49-19-22-10-11-24-8-6-7-9-25(24)14-22/h6-18,31,33,41-42H,5,19-20H2,1-4H3,(H2,39,40,44)/b38-18-/t31-,33-/m0/s1. The van der Waals surface area contributed by atoms with Gasteiger partial charge in [0.15, 0.2) is 29.2 Å². The monoisotopic (exact) mass is 732 g/mol. The molecule has 49 heavy (non-hydrogen) atoms. The van der Waals surface area contributed by atoms with Crippen molar-refractivity contribution in [2.24, 2.45) is 5.10 Å². The molecule has 0 unspecified atom stereocenters. The number of esters is 1. The van der Waals surface area contributed by atoms with E-state index in [-0.39, 0.29) is 12.2 Å². The molecule has 0 radical (unpaired) electrons. The number of allylic oxidation sites excluding steroid dienone is 1. The van der Waals surface area contributed by atoms with Crippen LogP contribution in [0, 0.1) is 0 Å². The van der Waals surface area contributed by atoms with Gasteiger partial charge >= 0.3 is 12.0 Å². The lowest BCUT2D eigenvalue weighted by Gasteiger charge is -2.28. The van der Waals surface area contributed by atoms with Gasteiger partial charge in [-0.3, -0.25) is 5.43 Å². The van der Waals surface area contributed by atoms with Crippen molar-refractivity contribution in [1.29, 1.82) is 0 Å². The van der Waals surface area contributed by atoms with Gasteiger partial charge in [-0.25, -0.2) is 9.59 Å². The van der Waals surface area contributed by atoms with E-state index in [2.05, 4.69) is 61.4 Å². The molecular formula is C36H37BrN4O8. The minimum atomic E-state index is -1.17. The minimum Gasteiger partial charge on any atom is -0.493 e. The van der Waals surface area contributed by atoms with Crippen molar-refractivity contribution in [3.63, 3.8) is 0 Å². The molecule has 2 atom stereocenters. The zero-order valence-electron chi connectivity index (χ0n) is 27.4. The van der Waals surface area contributed by atoms with E-state index in [1.807, 2.05) is 31.2 Å². The molecule has 12 nitrogen and oxygen atoms in total. The van der Waals surface area contributed by atoms with Crippen LogP contribution < -0.4 is 35.0 Å². The maximum atomic E-state index is 12.5. The third kappa shape index (κ3) is 8.61. The molecule has 0 saturated carbocycles. The van der Waals surface area contributed by atoms with Crippen LogP contribution in [0.4, 0.5) is 4.79 Å². The number of amides is 2. The largest absolute Gasteiger partial charge is 0.493 e. The van der Waals surface area contributed by atoms with E-state index in [1.54, 1.807) is 38.3 Å².